The summed E-state index contributed by atoms with van der Waals surface area (Å²) in [6, 6.07) is 5.31. The monoisotopic (exact) mass is 317 g/mol. The van der Waals surface area contributed by atoms with Crippen molar-refractivity contribution in [3.8, 4) is 0 Å². The Hall–Kier alpha value is -0.810. The molecule has 0 aliphatic rings. The topological polar surface area (TPSA) is 49.3 Å². The van der Waals surface area contributed by atoms with Crippen LogP contribution < -0.4 is 5.32 Å². The first-order valence-corrected chi connectivity index (χ1v) is 7.23. The van der Waals surface area contributed by atoms with E-state index in [4.69, 9.17) is 23.2 Å². The van der Waals surface area contributed by atoms with E-state index in [1.807, 2.05) is 0 Å². The molecule has 0 unspecified atom stereocenters. The minimum atomic E-state index is -0.956. The molecule has 0 saturated heterocycles. The Morgan fingerprint density at radius 3 is 2.74 bits per heavy atom. The van der Waals surface area contributed by atoms with Crippen molar-refractivity contribution in [1.82, 2.24) is 5.32 Å². The second-order valence-corrected chi connectivity index (χ2v) is 6.75. The first-order valence-electron chi connectivity index (χ1n) is 5.66. The minimum absolute atomic E-state index is 0.164. The summed E-state index contributed by atoms with van der Waals surface area (Å²) in [5, 5.41) is 14.1. The van der Waals surface area contributed by atoms with Gasteiger partial charge in [-0.3, -0.25) is 4.79 Å². The lowest BCUT2D eigenvalue weighted by molar-refractivity contribution is 0.0696. The number of hydrogen-bond donors (Lipinski definition) is 2. The van der Waals surface area contributed by atoms with Gasteiger partial charge in [-0.05, 0) is 26.0 Å². The van der Waals surface area contributed by atoms with E-state index in [0.29, 0.717) is 14.9 Å². The van der Waals surface area contributed by atoms with Gasteiger partial charge in [-0.15, -0.1) is 11.3 Å². The van der Waals surface area contributed by atoms with Crippen molar-refractivity contribution in [2.24, 2.45) is 0 Å². The number of benzene rings is 1. The lowest BCUT2D eigenvalue weighted by Gasteiger charge is -2.17. The van der Waals surface area contributed by atoms with Crippen LogP contribution in [0.4, 0.5) is 0 Å². The molecule has 1 heterocycles. The van der Waals surface area contributed by atoms with Crippen molar-refractivity contribution in [3.05, 3.63) is 33.1 Å². The number of fused-ring (bicyclic) bond motifs is 1. The van der Waals surface area contributed by atoms with E-state index >= 15 is 0 Å². The van der Waals surface area contributed by atoms with Crippen LogP contribution in [0.3, 0.4) is 0 Å². The van der Waals surface area contributed by atoms with Gasteiger partial charge in [-0.25, -0.2) is 0 Å². The standard InChI is InChI=1S/C13H13Cl2NO2S/c1-13(2,18)6-16-12(17)11-10(15)8-4-3-7(14)5-9(8)19-11/h3-5,18H,6H2,1-2H3,(H,16,17). The maximum absolute atomic E-state index is 12.0. The molecule has 1 aromatic heterocycles. The fraction of sp³-hybridized carbons (Fsp3) is 0.308. The van der Waals surface area contributed by atoms with Crippen LogP contribution >= 0.6 is 34.5 Å². The number of halogens is 2. The minimum Gasteiger partial charge on any atom is -0.389 e. The molecule has 0 saturated carbocycles. The Morgan fingerprint density at radius 2 is 2.11 bits per heavy atom. The first kappa shape index (κ1) is 14.6. The van der Waals surface area contributed by atoms with Crippen LogP contribution in [0.2, 0.25) is 10.0 Å². The number of rotatable bonds is 3. The van der Waals surface area contributed by atoms with Crippen LogP contribution in [0, 0.1) is 0 Å². The van der Waals surface area contributed by atoms with Crippen molar-refractivity contribution in [3.63, 3.8) is 0 Å². The van der Waals surface area contributed by atoms with E-state index in [1.54, 1.807) is 32.0 Å². The van der Waals surface area contributed by atoms with Crippen LogP contribution in [0.15, 0.2) is 18.2 Å². The van der Waals surface area contributed by atoms with Crippen molar-refractivity contribution >= 4 is 50.5 Å². The van der Waals surface area contributed by atoms with Gasteiger partial charge in [0, 0.05) is 21.7 Å². The van der Waals surface area contributed by atoms with Gasteiger partial charge < -0.3 is 10.4 Å². The highest BCUT2D eigenvalue weighted by Crippen LogP contribution is 2.36. The molecule has 0 bridgehead atoms. The lowest BCUT2D eigenvalue weighted by atomic mass is 10.1. The third-order valence-corrected chi connectivity index (χ3v) is 4.37. The largest absolute Gasteiger partial charge is 0.389 e. The SMILES string of the molecule is CC(C)(O)CNC(=O)c1sc2cc(Cl)ccc2c1Cl. The average Bonchev–Trinajstić information content (AvgIpc) is 2.62. The summed E-state index contributed by atoms with van der Waals surface area (Å²) >= 11 is 13.4. The van der Waals surface area contributed by atoms with Crippen LogP contribution in [-0.4, -0.2) is 23.2 Å². The zero-order chi connectivity index (χ0) is 14.2. The second-order valence-electron chi connectivity index (χ2n) is 4.88. The highest BCUT2D eigenvalue weighted by atomic mass is 35.5. The van der Waals surface area contributed by atoms with Gasteiger partial charge in [0.2, 0.25) is 0 Å². The molecule has 2 aromatic rings. The number of aliphatic hydroxyl groups is 1. The van der Waals surface area contributed by atoms with Gasteiger partial charge in [0.25, 0.3) is 5.91 Å². The number of carbonyl (C=O) groups is 1. The molecule has 1 aromatic carbocycles. The Kier molecular flexibility index (Phi) is 4.06. The first-order chi connectivity index (χ1) is 8.78. The molecular weight excluding hydrogens is 305 g/mol. The summed E-state index contributed by atoms with van der Waals surface area (Å²) in [6.07, 6.45) is 0. The number of thiophene rings is 1. The van der Waals surface area contributed by atoms with E-state index in [0.717, 1.165) is 10.1 Å². The predicted molar refractivity (Wildman–Crippen MR) is 80.5 cm³/mol. The maximum Gasteiger partial charge on any atom is 0.263 e. The molecule has 3 nitrogen and oxygen atoms in total. The molecule has 19 heavy (non-hydrogen) atoms. The number of carbonyl (C=O) groups excluding carboxylic acids is 1. The summed E-state index contributed by atoms with van der Waals surface area (Å²) in [5.41, 5.74) is -0.956. The van der Waals surface area contributed by atoms with Crippen LogP contribution in [0.1, 0.15) is 23.5 Å². The van der Waals surface area contributed by atoms with Crippen LogP contribution in [0.5, 0.6) is 0 Å². The summed E-state index contributed by atoms with van der Waals surface area (Å²) in [4.78, 5) is 12.5. The van der Waals surface area contributed by atoms with Crippen molar-refractivity contribution in [2.75, 3.05) is 6.54 Å². The molecule has 102 valence electrons. The Labute approximate surface area is 125 Å². The maximum atomic E-state index is 12.0. The third kappa shape index (κ3) is 3.39. The van der Waals surface area contributed by atoms with Crippen molar-refractivity contribution < 1.29 is 9.90 Å². The molecular formula is C13H13Cl2NO2S. The molecule has 2 N–H and O–H groups in total. The Balaban J connectivity index is 2.30. The van der Waals surface area contributed by atoms with E-state index in [1.165, 1.54) is 11.3 Å². The summed E-state index contributed by atoms with van der Waals surface area (Å²) in [6.45, 7) is 3.41. The second kappa shape index (κ2) is 5.29. The zero-order valence-corrected chi connectivity index (χ0v) is 12.8. The van der Waals surface area contributed by atoms with E-state index in [9.17, 15) is 9.90 Å². The molecule has 6 heteroatoms. The van der Waals surface area contributed by atoms with E-state index in [-0.39, 0.29) is 12.5 Å². The number of amides is 1. The number of nitrogens with one attached hydrogen (secondary N) is 1. The fourth-order valence-corrected chi connectivity index (χ4v) is 3.27. The smallest absolute Gasteiger partial charge is 0.263 e. The van der Waals surface area contributed by atoms with Crippen molar-refractivity contribution in [1.29, 1.82) is 0 Å². The average molecular weight is 318 g/mol. The van der Waals surface area contributed by atoms with E-state index < -0.39 is 5.60 Å². The molecule has 0 aliphatic carbocycles. The predicted octanol–water partition coefficient (Wildman–Crippen LogP) is 3.71. The van der Waals surface area contributed by atoms with Gasteiger partial charge in [-0.1, -0.05) is 29.3 Å². The molecule has 0 atom stereocenters. The molecule has 0 fully saturated rings. The van der Waals surface area contributed by atoms with Gasteiger partial charge in [0.15, 0.2) is 0 Å². The summed E-state index contributed by atoms with van der Waals surface area (Å²) in [5.74, 6) is -0.288. The quantitative estimate of drug-likeness (QED) is 0.906. The summed E-state index contributed by atoms with van der Waals surface area (Å²) < 4.78 is 0.867. The van der Waals surface area contributed by atoms with Gasteiger partial charge >= 0.3 is 0 Å². The third-order valence-electron chi connectivity index (χ3n) is 2.48. The Bertz CT molecular complexity index is 631. The molecule has 0 spiro atoms. The lowest BCUT2D eigenvalue weighted by Crippen LogP contribution is -2.37. The van der Waals surface area contributed by atoms with Crippen LogP contribution in [0.25, 0.3) is 10.1 Å². The highest BCUT2D eigenvalue weighted by molar-refractivity contribution is 7.21. The molecule has 1 amide bonds. The van der Waals surface area contributed by atoms with Crippen LogP contribution in [-0.2, 0) is 0 Å². The highest BCUT2D eigenvalue weighted by Gasteiger charge is 2.20. The molecule has 0 radical (unpaired) electrons. The molecule has 0 aliphatic heterocycles. The Morgan fingerprint density at radius 1 is 1.42 bits per heavy atom. The van der Waals surface area contributed by atoms with Gasteiger partial charge in [0.1, 0.15) is 4.88 Å². The fourth-order valence-electron chi connectivity index (χ4n) is 1.56. The van der Waals surface area contributed by atoms with E-state index in [2.05, 4.69) is 5.32 Å². The van der Waals surface area contributed by atoms with Crippen molar-refractivity contribution in [2.45, 2.75) is 19.4 Å². The summed E-state index contributed by atoms with van der Waals surface area (Å²) in [7, 11) is 0. The van der Waals surface area contributed by atoms with Gasteiger partial charge in [-0.2, -0.15) is 0 Å². The van der Waals surface area contributed by atoms with Gasteiger partial charge in [0.05, 0.1) is 10.6 Å². The zero-order valence-electron chi connectivity index (χ0n) is 10.5. The number of hydrogen-bond acceptors (Lipinski definition) is 3. The normalized spacial score (nSPS) is 11.8. The molecule has 2 rings (SSSR count).